The van der Waals surface area contributed by atoms with E-state index in [1.807, 2.05) is 67.5 Å². The fourth-order valence-corrected chi connectivity index (χ4v) is 14.1. The maximum Gasteiger partial charge on any atom is 0.409 e. The molecule has 18 nitrogen and oxygen atoms in total. The first kappa shape index (κ1) is 63.7. The summed E-state index contributed by atoms with van der Waals surface area (Å²) in [6, 6.07) is 2.56. The summed E-state index contributed by atoms with van der Waals surface area (Å²) in [7, 11) is 8.75. The topological polar surface area (TPSA) is 228 Å². The molecule has 430 valence electrons. The number of thioether (sulfide) groups is 1. The zero-order valence-corrected chi connectivity index (χ0v) is 50.2. The fraction of sp³-hybridized carbons (Fsp3) is 0.691. The number of carbonyl (C=O) groups excluding carboxylic acids is 7. The number of aliphatic hydroxyl groups is 1. The number of nitrogens with zero attached hydrogens (tertiary/aromatic N) is 2. The number of anilines is 1. The highest BCUT2D eigenvalue weighted by Crippen LogP contribution is 2.61. The molecule has 2 aliphatic carbocycles. The lowest BCUT2D eigenvalue weighted by molar-refractivity contribution is -0.163. The van der Waals surface area contributed by atoms with Crippen molar-refractivity contribution in [3.8, 4) is 5.75 Å². The van der Waals surface area contributed by atoms with Crippen molar-refractivity contribution >= 4 is 91.6 Å². The van der Waals surface area contributed by atoms with Crippen LogP contribution in [0.4, 0.5) is 15.3 Å². The van der Waals surface area contributed by atoms with Crippen LogP contribution in [0.15, 0.2) is 35.9 Å². The van der Waals surface area contributed by atoms with Gasteiger partial charge in [-0.15, -0.1) is 11.8 Å². The van der Waals surface area contributed by atoms with Gasteiger partial charge in [0.05, 0.1) is 30.2 Å². The van der Waals surface area contributed by atoms with Crippen molar-refractivity contribution < 1.29 is 62.4 Å². The average Bonchev–Trinajstić information content (AvgIpc) is 4.08. The number of nitrogens with one attached hydrogen (secondary N) is 3. The van der Waals surface area contributed by atoms with Gasteiger partial charge in [0.25, 0.3) is 0 Å². The van der Waals surface area contributed by atoms with Gasteiger partial charge in [-0.25, -0.2) is 14.4 Å². The smallest absolute Gasteiger partial charge is 0.409 e. The Balaban J connectivity index is 1.19. The fourth-order valence-electron chi connectivity index (χ4n) is 9.83. The lowest BCUT2D eigenvalue weighted by Crippen LogP contribution is -2.63. The molecule has 5 rings (SSSR count). The molecule has 0 unspecified atom stereocenters. The van der Waals surface area contributed by atoms with Gasteiger partial charge in [0, 0.05) is 62.7 Å². The Morgan fingerprint density at radius 2 is 1.73 bits per heavy atom. The molecule has 5 amide bonds. The highest BCUT2D eigenvalue weighted by atomic mass is 35.5. The molecule has 1 aromatic rings. The number of rotatable bonds is 17. The minimum atomic E-state index is -1.82. The van der Waals surface area contributed by atoms with Gasteiger partial charge >= 0.3 is 18.2 Å². The van der Waals surface area contributed by atoms with E-state index in [0.717, 1.165) is 36.8 Å². The number of hydrogen-bond donors (Lipinski definition) is 4. The van der Waals surface area contributed by atoms with Crippen LogP contribution in [-0.2, 0) is 49.3 Å². The largest absolute Gasteiger partial charge is 0.495 e. The minimum absolute atomic E-state index is 0.0107. The first-order valence-electron chi connectivity index (χ1n) is 26.4. The predicted octanol–water partition coefficient (Wildman–Crippen LogP) is 8.78. The summed E-state index contributed by atoms with van der Waals surface area (Å²) in [6.45, 7) is 17.2. The normalized spacial score (nSPS) is 28.5. The zero-order valence-electron chi connectivity index (χ0n) is 47.0. The van der Waals surface area contributed by atoms with E-state index in [1.165, 1.54) is 64.4 Å². The molecule has 77 heavy (non-hydrogen) atoms. The molecule has 10 atom stereocenters. The van der Waals surface area contributed by atoms with E-state index in [4.69, 9.17) is 35.3 Å². The molecular weight excluding hydrogens is 1070 g/mol. The predicted molar refractivity (Wildman–Crippen MR) is 303 cm³/mol. The molecular formula is C55H82ClN5O13S3. The van der Waals surface area contributed by atoms with Crippen LogP contribution in [0.3, 0.4) is 0 Å². The SMILES string of the molecule is COc1cc2cc(c1Cl)N(C)C(=O)C[C@H](OC(=O)[C@H](C)N(C)C(=O)CCC(C)(C)SCC(=O)NCCNC(=O)O[C@H]1CCCC[C@@H]1SSC(=O)C(C)(C)C)[C@@]1(C)C[C@H]1[C@H](C)[C@@H]1C[C@@](O)(NC(=O)O1)[C@H](OC)/C=C/C=C(\C)C2. The van der Waals surface area contributed by atoms with Crippen LogP contribution < -0.4 is 25.6 Å². The highest BCUT2D eigenvalue weighted by molar-refractivity contribution is 8.82. The van der Waals surface area contributed by atoms with Crippen LogP contribution in [0, 0.1) is 22.7 Å². The summed E-state index contributed by atoms with van der Waals surface area (Å²) >= 11 is 8.23. The molecule has 4 aliphatic rings. The second-order valence-electron chi connectivity index (χ2n) is 22.8. The van der Waals surface area contributed by atoms with Crippen LogP contribution in [0.2, 0.25) is 5.02 Å². The zero-order chi connectivity index (χ0) is 57.2. The standard InChI is InChI=1S/C55H82ClN5O13S3/c1-32-17-16-20-42(71-13)55(69)30-40(73-51(68)59-55)33(2)36-29-54(36,9)43(28-46(64)61(11)37-26-35(25-32)27-39(70-12)47(37)56)74-48(65)34(3)60(10)45(63)21-22-53(7,8)75-31-44(62)57-23-24-58-50(67)72-38-18-14-15-19-41(38)76-77-49(66)52(4,5)6/h16-17,20,26-27,33-34,36,38,40-43,69H,14-15,18-19,21-25,28-31H2,1-13H3,(H,57,62)(H,58,67)(H,59,68)/b20-16+,32-17+/t33-,34-,36-,38-,40-,41-,42+,43-,54-,55-/m0/s1. The maximum atomic E-state index is 14.5. The third-order valence-corrected chi connectivity index (χ3v) is 20.2. The quantitative estimate of drug-likeness (QED) is 0.0494. The van der Waals surface area contributed by atoms with Crippen LogP contribution >= 0.6 is 45.0 Å². The number of methoxy groups -OCH3 is 2. The minimum Gasteiger partial charge on any atom is -0.495 e. The van der Waals surface area contributed by atoms with Gasteiger partial charge in [0.2, 0.25) is 22.8 Å². The second-order valence-corrected chi connectivity index (χ2v) is 27.3. The average molecular weight is 1150 g/mol. The van der Waals surface area contributed by atoms with E-state index in [2.05, 4.69) is 16.0 Å². The van der Waals surface area contributed by atoms with Crippen LogP contribution in [-0.4, -0.2) is 144 Å². The van der Waals surface area contributed by atoms with Gasteiger partial charge in [-0.3, -0.25) is 24.5 Å². The van der Waals surface area contributed by atoms with Gasteiger partial charge in [0.1, 0.15) is 41.2 Å². The highest BCUT2D eigenvalue weighted by Gasteiger charge is 2.62. The van der Waals surface area contributed by atoms with Gasteiger partial charge in [-0.2, -0.15) is 0 Å². The number of ether oxygens (including phenoxy) is 5. The van der Waals surface area contributed by atoms with Gasteiger partial charge in [-0.1, -0.05) is 101 Å². The van der Waals surface area contributed by atoms with Crippen molar-refractivity contribution in [2.45, 2.75) is 173 Å². The number of halogens is 1. The number of fused-ring (bicyclic) bond motifs is 5. The Bertz CT molecular complexity index is 2390. The molecule has 4 bridgehead atoms. The number of hydrogen-bond acceptors (Lipinski definition) is 16. The number of alkyl carbamates (subject to hydrolysis) is 2. The second kappa shape index (κ2) is 27.3. The molecule has 4 N–H and O–H groups in total. The summed E-state index contributed by atoms with van der Waals surface area (Å²) in [4.78, 5) is 96.2. The van der Waals surface area contributed by atoms with Crippen LogP contribution in [0.5, 0.6) is 5.75 Å². The number of likely N-dealkylation sites (N-methyl/N-ethyl adjacent to an activating group) is 1. The third kappa shape index (κ3) is 17.4. The van der Waals surface area contributed by atoms with Crippen molar-refractivity contribution in [2.75, 3.05) is 52.1 Å². The van der Waals surface area contributed by atoms with Crippen molar-refractivity contribution in [3.63, 3.8) is 0 Å². The number of esters is 1. The first-order valence-corrected chi connectivity index (χ1v) is 30.0. The van der Waals surface area contributed by atoms with Crippen molar-refractivity contribution in [2.24, 2.45) is 22.7 Å². The van der Waals surface area contributed by atoms with Crippen molar-refractivity contribution in [1.29, 1.82) is 0 Å². The number of amides is 5. The summed E-state index contributed by atoms with van der Waals surface area (Å²) < 4.78 is 28.7. The van der Waals surface area contributed by atoms with Gasteiger partial charge in [-0.05, 0) is 92.7 Å². The Hall–Kier alpha value is -4.15. The Morgan fingerprint density at radius 1 is 1.04 bits per heavy atom. The number of carbonyl (C=O) groups is 7. The van der Waals surface area contributed by atoms with Crippen LogP contribution in [0.25, 0.3) is 0 Å². The summed E-state index contributed by atoms with van der Waals surface area (Å²) in [6.07, 6.45) is 5.57. The van der Waals surface area contributed by atoms with E-state index >= 15 is 0 Å². The molecule has 0 spiro atoms. The third-order valence-electron chi connectivity index (χ3n) is 15.2. The lowest BCUT2D eigenvalue weighted by Gasteiger charge is -2.42. The Morgan fingerprint density at radius 3 is 2.40 bits per heavy atom. The van der Waals surface area contributed by atoms with Crippen molar-refractivity contribution in [1.82, 2.24) is 20.9 Å². The summed E-state index contributed by atoms with van der Waals surface area (Å²) in [5.74, 6) is -1.78. The van der Waals surface area contributed by atoms with E-state index in [0.29, 0.717) is 30.7 Å². The van der Waals surface area contributed by atoms with Gasteiger partial charge in [0.15, 0.2) is 5.72 Å². The molecule has 2 heterocycles. The molecule has 2 aliphatic heterocycles. The maximum absolute atomic E-state index is 14.5. The summed E-state index contributed by atoms with van der Waals surface area (Å²) in [5.41, 5.74) is -0.952. The molecule has 1 saturated heterocycles. The van der Waals surface area contributed by atoms with E-state index in [-0.39, 0.29) is 83.2 Å². The summed E-state index contributed by atoms with van der Waals surface area (Å²) in [5, 5.41) is 20.3. The number of allylic oxidation sites excluding steroid dienone is 3. The van der Waals surface area contributed by atoms with E-state index < -0.39 is 69.7 Å². The van der Waals surface area contributed by atoms with Crippen molar-refractivity contribution in [3.05, 3.63) is 46.5 Å². The lowest BCUT2D eigenvalue weighted by atomic mass is 9.83. The monoisotopic (exact) mass is 1150 g/mol. The Labute approximate surface area is 472 Å². The van der Waals surface area contributed by atoms with E-state index in [1.54, 1.807) is 32.2 Å². The molecule has 0 radical (unpaired) electrons. The molecule has 2 saturated carbocycles. The first-order chi connectivity index (χ1) is 36.0. The molecule has 3 fully saturated rings. The van der Waals surface area contributed by atoms with Gasteiger partial charge < -0.3 is 49.2 Å². The number of benzene rings is 1. The van der Waals surface area contributed by atoms with Crippen LogP contribution in [0.1, 0.15) is 126 Å². The van der Waals surface area contributed by atoms with E-state index in [9.17, 15) is 38.7 Å². The Kier molecular flexibility index (Phi) is 22.6. The molecule has 22 heteroatoms. The molecule has 0 aromatic heterocycles. The molecule has 1 aromatic carbocycles.